The molecule has 1 aliphatic rings. The van der Waals surface area contributed by atoms with Gasteiger partial charge in [-0.1, -0.05) is 0 Å². The molecule has 1 aliphatic carbocycles. The molecule has 1 saturated carbocycles. The predicted octanol–water partition coefficient (Wildman–Crippen LogP) is 2.80. The van der Waals surface area contributed by atoms with Crippen LogP contribution in [0.4, 0.5) is 14.7 Å². The maximum absolute atomic E-state index is 13.9. The van der Waals surface area contributed by atoms with Gasteiger partial charge in [-0.3, -0.25) is 0 Å². The first-order chi connectivity index (χ1) is 8.03. The Balaban J connectivity index is 2.36. The molecule has 0 unspecified atom stereocenters. The molecule has 0 bridgehead atoms. The van der Waals surface area contributed by atoms with Gasteiger partial charge in [0.1, 0.15) is 5.52 Å². The Morgan fingerprint density at radius 2 is 2.06 bits per heavy atom. The van der Waals surface area contributed by atoms with Crippen LogP contribution < -0.4 is 5.73 Å². The fourth-order valence-electron chi connectivity index (χ4n) is 2.58. The number of nitrogens with two attached hydrogens (primary N) is 1. The first-order valence-electron chi connectivity index (χ1n) is 5.65. The SMILES string of the molecule is CC1(n2c(N)nc3ccc(F)c(F)c32)CCC1. The van der Waals surface area contributed by atoms with Crippen LogP contribution in [0.1, 0.15) is 26.2 Å². The second kappa shape index (κ2) is 3.18. The molecule has 2 aromatic rings. The largest absolute Gasteiger partial charge is 0.369 e. The monoisotopic (exact) mass is 237 g/mol. The Hall–Kier alpha value is -1.65. The third kappa shape index (κ3) is 1.28. The molecule has 3 rings (SSSR count). The summed E-state index contributed by atoms with van der Waals surface area (Å²) in [7, 11) is 0. The van der Waals surface area contributed by atoms with E-state index >= 15 is 0 Å². The van der Waals surface area contributed by atoms with E-state index in [1.165, 1.54) is 6.07 Å². The van der Waals surface area contributed by atoms with Gasteiger partial charge in [-0.2, -0.15) is 0 Å². The molecule has 0 spiro atoms. The minimum Gasteiger partial charge on any atom is -0.369 e. The van der Waals surface area contributed by atoms with Crippen molar-refractivity contribution in [3.63, 3.8) is 0 Å². The molecule has 1 fully saturated rings. The summed E-state index contributed by atoms with van der Waals surface area (Å²) in [4.78, 5) is 4.10. The lowest BCUT2D eigenvalue weighted by molar-refractivity contribution is 0.176. The van der Waals surface area contributed by atoms with Crippen LogP contribution in [0.15, 0.2) is 12.1 Å². The first kappa shape index (κ1) is 10.5. The number of anilines is 1. The zero-order valence-electron chi connectivity index (χ0n) is 9.50. The van der Waals surface area contributed by atoms with E-state index in [4.69, 9.17) is 5.73 Å². The summed E-state index contributed by atoms with van der Waals surface area (Å²) in [5.74, 6) is -1.46. The molecule has 0 amide bonds. The highest BCUT2D eigenvalue weighted by atomic mass is 19.2. The second-order valence-corrected chi connectivity index (χ2v) is 4.89. The van der Waals surface area contributed by atoms with E-state index in [0.29, 0.717) is 5.52 Å². The van der Waals surface area contributed by atoms with Crippen molar-refractivity contribution in [3.05, 3.63) is 23.8 Å². The van der Waals surface area contributed by atoms with Crippen LogP contribution in [0.2, 0.25) is 0 Å². The number of aromatic nitrogens is 2. The molecule has 17 heavy (non-hydrogen) atoms. The summed E-state index contributed by atoms with van der Waals surface area (Å²) in [6.07, 6.45) is 2.91. The number of fused-ring (bicyclic) bond motifs is 1. The van der Waals surface area contributed by atoms with Crippen molar-refractivity contribution >= 4 is 17.0 Å². The number of imidazole rings is 1. The average molecular weight is 237 g/mol. The van der Waals surface area contributed by atoms with Crippen LogP contribution in [-0.2, 0) is 5.54 Å². The average Bonchev–Trinajstić information content (AvgIpc) is 2.58. The Bertz CT molecular complexity index is 599. The van der Waals surface area contributed by atoms with Gasteiger partial charge in [0, 0.05) is 5.54 Å². The third-order valence-electron chi connectivity index (χ3n) is 3.71. The van der Waals surface area contributed by atoms with Crippen molar-refractivity contribution in [1.29, 1.82) is 0 Å². The van der Waals surface area contributed by atoms with Crippen LogP contribution in [0, 0.1) is 11.6 Å². The summed E-state index contributed by atoms with van der Waals surface area (Å²) in [6, 6.07) is 2.54. The molecule has 5 heteroatoms. The van der Waals surface area contributed by atoms with Gasteiger partial charge in [0.15, 0.2) is 11.6 Å². The predicted molar refractivity (Wildman–Crippen MR) is 61.6 cm³/mol. The summed E-state index contributed by atoms with van der Waals surface area (Å²) < 4.78 is 28.8. The number of halogens is 2. The van der Waals surface area contributed by atoms with Crippen molar-refractivity contribution in [1.82, 2.24) is 9.55 Å². The molecule has 3 nitrogen and oxygen atoms in total. The van der Waals surface area contributed by atoms with E-state index in [-0.39, 0.29) is 17.0 Å². The highest BCUT2D eigenvalue weighted by molar-refractivity contribution is 5.79. The molecular formula is C12H13F2N3. The highest BCUT2D eigenvalue weighted by Crippen LogP contribution is 2.42. The van der Waals surface area contributed by atoms with E-state index in [2.05, 4.69) is 4.98 Å². The van der Waals surface area contributed by atoms with E-state index < -0.39 is 11.6 Å². The number of rotatable bonds is 1. The molecule has 0 radical (unpaired) electrons. The minimum atomic E-state index is -0.861. The van der Waals surface area contributed by atoms with Crippen molar-refractivity contribution in [2.24, 2.45) is 0 Å². The maximum atomic E-state index is 13.9. The van der Waals surface area contributed by atoms with Gasteiger partial charge in [0.2, 0.25) is 5.95 Å². The van der Waals surface area contributed by atoms with Gasteiger partial charge in [-0.15, -0.1) is 0 Å². The van der Waals surface area contributed by atoms with E-state index in [1.807, 2.05) is 6.92 Å². The lowest BCUT2D eigenvalue weighted by atomic mass is 9.78. The second-order valence-electron chi connectivity index (χ2n) is 4.89. The Labute approximate surface area is 97.2 Å². The summed E-state index contributed by atoms with van der Waals surface area (Å²) in [5, 5.41) is 0. The van der Waals surface area contributed by atoms with Gasteiger partial charge in [-0.25, -0.2) is 13.8 Å². The zero-order chi connectivity index (χ0) is 12.2. The van der Waals surface area contributed by atoms with Crippen molar-refractivity contribution < 1.29 is 8.78 Å². The van der Waals surface area contributed by atoms with Crippen LogP contribution in [0.5, 0.6) is 0 Å². The summed E-state index contributed by atoms with van der Waals surface area (Å²) in [6.45, 7) is 2.00. The molecule has 0 aliphatic heterocycles. The van der Waals surface area contributed by atoms with E-state index in [0.717, 1.165) is 25.3 Å². The van der Waals surface area contributed by atoms with Gasteiger partial charge >= 0.3 is 0 Å². The number of nitrogens with zero attached hydrogens (tertiary/aromatic N) is 2. The Kier molecular flexibility index (Phi) is 1.97. The van der Waals surface area contributed by atoms with Crippen LogP contribution in [0.25, 0.3) is 11.0 Å². The van der Waals surface area contributed by atoms with Crippen molar-refractivity contribution in [2.75, 3.05) is 5.73 Å². The topological polar surface area (TPSA) is 43.8 Å². The van der Waals surface area contributed by atoms with Gasteiger partial charge in [0.05, 0.1) is 5.52 Å². The molecule has 1 aromatic carbocycles. The maximum Gasteiger partial charge on any atom is 0.201 e. The normalized spacial score (nSPS) is 18.3. The standard InChI is InChI=1S/C12H13F2N3/c1-12(5-2-6-12)17-10-8(16-11(17)15)4-3-7(13)9(10)14/h3-4H,2,5-6H2,1H3,(H2,15,16). The zero-order valence-corrected chi connectivity index (χ0v) is 9.50. The lowest BCUT2D eigenvalue weighted by Gasteiger charge is -2.40. The number of hydrogen-bond acceptors (Lipinski definition) is 2. The molecule has 1 heterocycles. The lowest BCUT2D eigenvalue weighted by Crippen LogP contribution is -2.38. The minimum absolute atomic E-state index is 0.185. The molecule has 1 aromatic heterocycles. The van der Waals surface area contributed by atoms with E-state index in [9.17, 15) is 8.78 Å². The molecule has 0 atom stereocenters. The van der Waals surface area contributed by atoms with Crippen LogP contribution >= 0.6 is 0 Å². The van der Waals surface area contributed by atoms with Crippen LogP contribution in [0.3, 0.4) is 0 Å². The Morgan fingerprint density at radius 1 is 1.35 bits per heavy atom. The number of hydrogen-bond donors (Lipinski definition) is 1. The molecular weight excluding hydrogens is 224 g/mol. The fraction of sp³-hybridized carbons (Fsp3) is 0.417. The van der Waals surface area contributed by atoms with Gasteiger partial charge in [0.25, 0.3) is 0 Å². The third-order valence-corrected chi connectivity index (χ3v) is 3.71. The van der Waals surface area contributed by atoms with Crippen LogP contribution in [-0.4, -0.2) is 9.55 Å². The molecule has 90 valence electrons. The summed E-state index contributed by atoms with van der Waals surface area (Å²) >= 11 is 0. The number of benzene rings is 1. The molecule has 2 N–H and O–H groups in total. The fourth-order valence-corrected chi connectivity index (χ4v) is 2.58. The smallest absolute Gasteiger partial charge is 0.201 e. The Morgan fingerprint density at radius 3 is 2.65 bits per heavy atom. The highest BCUT2D eigenvalue weighted by Gasteiger charge is 2.37. The molecule has 0 saturated heterocycles. The first-order valence-corrected chi connectivity index (χ1v) is 5.65. The van der Waals surface area contributed by atoms with Crippen molar-refractivity contribution in [3.8, 4) is 0 Å². The van der Waals surface area contributed by atoms with E-state index in [1.54, 1.807) is 4.57 Å². The van der Waals surface area contributed by atoms with Gasteiger partial charge in [-0.05, 0) is 38.3 Å². The van der Waals surface area contributed by atoms with Crippen molar-refractivity contribution in [2.45, 2.75) is 31.7 Å². The number of nitrogen functional groups attached to an aromatic ring is 1. The van der Waals surface area contributed by atoms with Gasteiger partial charge < -0.3 is 10.3 Å². The quantitative estimate of drug-likeness (QED) is 0.828. The summed E-state index contributed by atoms with van der Waals surface area (Å²) in [5.41, 5.74) is 6.20.